The molecule has 5 nitrogen and oxygen atoms in total. The Balaban J connectivity index is 1.46. The van der Waals surface area contributed by atoms with Crippen LogP contribution in [0, 0.1) is 6.92 Å². The van der Waals surface area contributed by atoms with E-state index in [4.69, 9.17) is 9.47 Å². The number of hydrogen-bond donors (Lipinski definition) is 0. The monoisotopic (exact) mass is 408 g/mol. The summed E-state index contributed by atoms with van der Waals surface area (Å²) in [5, 5.41) is 0. The Hall–Kier alpha value is -2.53. The second kappa shape index (κ2) is 9.52. The van der Waals surface area contributed by atoms with E-state index < -0.39 is 0 Å². The van der Waals surface area contributed by atoms with E-state index in [0.29, 0.717) is 25.6 Å². The van der Waals surface area contributed by atoms with Gasteiger partial charge >= 0.3 is 0 Å². The fourth-order valence-electron chi connectivity index (χ4n) is 4.65. The third-order valence-corrected chi connectivity index (χ3v) is 6.24. The Morgan fingerprint density at radius 1 is 1.13 bits per heavy atom. The number of ether oxygens (including phenoxy) is 2. The Bertz CT molecular complexity index is 882. The first-order valence-electron chi connectivity index (χ1n) is 11.0. The third kappa shape index (κ3) is 4.78. The highest BCUT2D eigenvalue weighted by atomic mass is 16.5. The summed E-state index contributed by atoms with van der Waals surface area (Å²) in [5.74, 6) is 1.95. The molecule has 2 aromatic carbocycles. The van der Waals surface area contributed by atoms with Crippen molar-refractivity contribution in [3.8, 4) is 11.5 Å². The van der Waals surface area contributed by atoms with Gasteiger partial charge in [-0.05, 0) is 37.8 Å². The van der Waals surface area contributed by atoms with Gasteiger partial charge in [0.15, 0.2) is 11.5 Å². The van der Waals surface area contributed by atoms with E-state index in [2.05, 4.69) is 42.2 Å². The van der Waals surface area contributed by atoms with Crippen molar-refractivity contribution < 1.29 is 14.3 Å². The van der Waals surface area contributed by atoms with Crippen LogP contribution in [0.1, 0.15) is 42.4 Å². The molecule has 5 heteroatoms. The molecule has 1 saturated heterocycles. The molecule has 0 saturated carbocycles. The third-order valence-electron chi connectivity index (χ3n) is 6.24. The summed E-state index contributed by atoms with van der Waals surface area (Å²) < 4.78 is 11.5. The lowest BCUT2D eigenvalue weighted by molar-refractivity contribution is -0.131. The van der Waals surface area contributed by atoms with Gasteiger partial charge in [-0.25, -0.2) is 0 Å². The topological polar surface area (TPSA) is 42.0 Å². The van der Waals surface area contributed by atoms with Gasteiger partial charge in [0.2, 0.25) is 5.91 Å². The molecule has 2 aliphatic heterocycles. The number of amides is 1. The summed E-state index contributed by atoms with van der Waals surface area (Å²) in [5.41, 5.74) is 3.62. The maximum atomic E-state index is 12.8. The van der Waals surface area contributed by atoms with Gasteiger partial charge in [0, 0.05) is 44.2 Å². The number of para-hydroxylation sites is 1. The van der Waals surface area contributed by atoms with Crippen LogP contribution in [0.5, 0.6) is 11.5 Å². The molecule has 0 spiro atoms. The van der Waals surface area contributed by atoms with E-state index in [1.807, 2.05) is 17.0 Å². The number of carbonyl (C=O) groups excluding carboxylic acids is 1. The first-order chi connectivity index (χ1) is 14.6. The predicted molar refractivity (Wildman–Crippen MR) is 118 cm³/mol. The highest BCUT2D eigenvalue weighted by Crippen LogP contribution is 2.34. The molecule has 0 bridgehead atoms. The molecule has 2 aromatic rings. The van der Waals surface area contributed by atoms with Gasteiger partial charge in [0.05, 0.1) is 13.7 Å². The molecule has 0 radical (unpaired) electrons. The maximum Gasteiger partial charge on any atom is 0.222 e. The molecule has 4 rings (SSSR count). The minimum atomic E-state index is 0.274. The average Bonchev–Trinajstić information content (AvgIpc) is 2.90. The predicted octanol–water partition coefficient (Wildman–Crippen LogP) is 4.17. The number of methoxy groups -OCH3 is 1. The highest BCUT2D eigenvalue weighted by molar-refractivity contribution is 5.76. The average molecular weight is 409 g/mol. The number of fused-ring (bicyclic) bond motifs is 1. The Morgan fingerprint density at radius 2 is 2.00 bits per heavy atom. The van der Waals surface area contributed by atoms with Crippen LogP contribution in [0.15, 0.2) is 42.5 Å². The molecule has 1 fully saturated rings. The first kappa shape index (κ1) is 20.7. The van der Waals surface area contributed by atoms with Crippen LogP contribution >= 0.6 is 0 Å². The van der Waals surface area contributed by atoms with Crippen molar-refractivity contribution in [1.29, 1.82) is 0 Å². The van der Waals surface area contributed by atoms with Crippen LogP contribution in [0.3, 0.4) is 0 Å². The molecule has 1 atom stereocenters. The van der Waals surface area contributed by atoms with Gasteiger partial charge in [-0.2, -0.15) is 0 Å². The van der Waals surface area contributed by atoms with Crippen molar-refractivity contribution in [1.82, 2.24) is 9.80 Å². The van der Waals surface area contributed by atoms with Gasteiger partial charge in [-0.15, -0.1) is 0 Å². The van der Waals surface area contributed by atoms with Gasteiger partial charge in [-0.3, -0.25) is 9.69 Å². The Morgan fingerprint density at radius 3 is 2.83 bits per heavy atom. The number of rotatable bonds is 4. The summed E-state index contributed by atoms with van der Waals surface area (Å²) in [4.78, 5) is 17.4. The maximum absolute atomic E-state index is 12.8. The fourth-order valence-corrected chi connectivity index (χ4v) is 4.65. The van der Waals surface area contributed by atoms with E-state index >= 15 is 0 Å². The molecule has 0 N–H and O–H groups in total. The lowest BCUT2D eigenvalue weighted by Crippen LogP contribution is -2.38. The van der Waals surface area contributed by atoms with Crippen LogP contribution in [-0.4, -0.2) is 48.6 Å². The van der Waals surface area contributed by atoms with E-state index in [9.17, 15) is 4.79 Å². The van der Waals surface area contributed by atoms with Crippen molar-refractivity contribution in [3.63, 3.8) is 0 Å². The zero-order valence-corrected chi connectivity index (χ0v) is 18.1. The zero-order chi connectivity index (χ0) is 20.9. The number of nitrogens with zero attached hydrogens (tertiary/aromatic N) is 2. The lowest BCUT2D eigenvalue weighted by atomic mass is 10.0. The normalized spacial score (nSPS) is 20.5. The highest BCUT2D eigenvalue weighted by Gasteiger charge is 2.28. The molecule has 30 heavy (non-hydrogen) atoms. The Kier molecular flexibility index (Phi) is 6.58. The number of carbonyl (C=O) groups is 1. The second-order valence-electron chi connectivity index (χ2n) is 8.41. The van der Waals surface area contributed by atoms with Crippen molar-refractivity contribution >= 4 is 5.91 Å². The molecule has 1 unspecified atom stereocenters. The van der Waals surface area contributed by atoms with Gasteiger partial charge in [0.25, 0.3) is 0 Å². The van der Waals surface area contributed by atoms with Crippen molar-refractivity contribution in [3.05, 3.63) is 59.2 Å². The molecular formula is C25H32N2O3. The quantitative estimate of drug-likeness (QED) is 0.762. The van der Waals surface area contributed by atoms with Crippen LogP contribution in [-0.2, 0) is 17.9 Å². The molecule has 1 amide bonds. The number of aryl methyl sites for hydroxylation is 1. The SMILES string of the molecule is COc1cccc2c1OCCCN(C1CCC(=O)N(Cc3cccc(C)c3)CC1)C2. The molecular weight excluding hydrogens is 376 g/mol. The summed E-state index contributed by atoms with van der Waals surface area (Å²) in [6, 6.07) is 15.0. The van der Waals surface area contributed by atoms with Crippen LogP contribution in [0.2, 0.25) is 0 Å². The molecule has 0 aliphatic carbocycles. The summed E-state index contributed by atoms with van der Waals surface area (Å²) in [6.07, 6.45) is 3.53. The van der Waals surface area contributed by atoms with E-state index in [1.165, 1.54) is 16.7 Å². The summed E-state index contributed by atoms with van der Waals surface area (Å²) in [7, 11) is 1.69. The van der Waals surface area contributed by atoms with Crippen LogP contribution in [0.4, 0.5) is 0 Å². The minimum Gasteiger partial charge on any atom is -0.493 e. The molecule has 2 heterocycles. The first-order valence-corrected chi connectivity index (χ1v) is 11.0. The lowest BCUT2D eigenvalue weighted by Gasteiger charge is -2.33. The number of benzene rings is 2. The zero-order valence-electron chi connectivity index (χ0n) is 18.1. The van der Waals surface area contributed by atoms with Crippen LogP contribution < -0.4 is 9.47 Å². The smallest absolute Gasteiger partial charge is 0.222 e. The van der Waals surface area contributed by atoms with Gasteiger partial charge < -0.3 is 14.4 Å². The summed E-state index contributed by atoms with van der Waals surface area (Å²) in [6.45, 7) is 6.14. The van der Waals surface area contributed by atoms with Crippen molar-refractivity contribution in [2.24, 2.45) is 0 Å². The molecule has 160 valence electrons. The largest absolute Gasteiger partial charge is 0.493 e. The molecule has 2 aliphatic rings. The van der Waals surface area contributed by atoms with E-state index in [-0.39, 0.29) is 5.91 Å². The van der Waals surface area contributed by atoms with Gasteiger partial charge in [0.1, 0.15) is 0 Å². The summed E-state index contributed by atoms with van der Waals surface area (Å²) >= 11 is 0. The van der Waals surface area contributed by atoms with E-state index in [0.717, 1.165) is 50.4 Å². The second-order valence-corrected chi connectivity index (χ2v) is 8.41. The van der Waals surface area contributed by atoms with Gasteiger partial charge in [-0.1, -0.05) is 42.0 Å². The van der Waals surface area contributed by atoms with Crippen molar-refractivity contribution in [2.75, 3.05) is 26.8 Å². The number of likely N-dealkylation sites (tertiary alicyclic amines) is 1. The van der Waals surface area contributed by atoms with Crippen molar-refractivity contribution in [2.45, 2.75) is 51.7 Å². The minimum absolute atomic E-state index is 0.274. The Labute approximate surface area is 179 Å². The standard InChI is InChI=1S/C25H32N2O3/c1-19-6-3-7-20(16-19)17-27-14-12-22(10-11-24(27)28)26-13-5-15-30-25-21(18-26)8-4-9-23(25)29-2/h3-4,6-9,16,22H,5,10-15,17-18H2,1-2H3. The molecule has 0 aromatic heterocycles. The number of hydrogen-bond acceptors (Lipinski definition) is 4. The fraction of sp³-hybridized carbons (Fsp3) is 0.480. The van der Waals surface area contributed by atoms with E-state index in [1.54, 1.807) is 7.11 Å². The van der Waals surface area contributed by atoms with Crippen LogP contribution in [0.25, 0.3) is 0 Å².